The summed E-state index contributed by atoms with van der Waals surface area (Å²) < 4.78 is 12.7. The normalized spacial score (nSPS) is 14.9. The Morgan fingerprint density at radius 3 is 2.46 bits per heavy atom. The molecule has 2 aromatic heterocycles. The second-order valence-electron chi connectivity index (χ2n) is 8.05. The number of rotatable bonds is 8. The number of aliphatic imine (C=N–C) groups is 2. The highest BCUT2D eigenvalue weighted by atomic mass is 16.5. The average molecular weight is 472 g/mol. The summed E-state index contributed by atoms with van der Waals surface area (Å²) in [4.78, 5) is 20.3. The van der Waals surface area contributed by atoms with Crippen molar-refractivity contribution in [3.8, 4) is 22.8 Å². The Balaban J connectivity index is 1.60. The van der Waals surface area contributed by atoms with E-state index in [-0.39, 0.29) is 6.61 Å². The molecule has 0 saturated heterocycles. The second-order valence-corrected chi connectivity index (χ2v) is 8.05. The lowest BCUT2D eigenvalue weighted by Gasteiger charge is -2.26. The van der Waals surface area contributed by atoms with E-state index in [4.69, 9.17) is 14.5 Å². The quantitative estimate of drug-likeness (QED) is 0.421. The number of nitrogens with zero attached hydrogens (tertiary/aromatic N) is 7. The van der Waals surface area contributed by atoms with E-state index in [2.05, 4.69) is 25.0 Å². The Bertz CT molecular complexity index is 1410. The molecule has 0 spiro atoms. The van der Waals surface area contributed by atoms with Gasteiger partial charge in [-0.25, -0.2) is 4.98 Å². The molecule has 1 N–H and O–H groups in total. The van der Waals surface area contributed by atoms with Crippen LogP contribution in [0.5, 0.6) is 11.5 Å². The molecule has 2 aromatic carbocycles. The van der Waals surface area contributed by atoms with Crippen molar-refractivity contribution < 1.29 is 14.6 Å². The standard InChI is InChI=1S/C25H25N7O3/c1-31-13-16(10-28-31)24-12-26-22-5-4-18(8-23(22)30-24)32(14-17-11-27-25(15-33)29-17)19-6-20(34-2)9-21(7-19)35-3/h4-13,25,33H,14-15H2,1-3H3. The zero-order valence-electron chi connectivity index (χ0n) is 19.7. The molecule has 0 fully saturated rings. The third-order valence-corrected chi connectivity index (χ3v) is 5.68. The van der Waals surface area contributed by atoms with E-state index in [0.717, 1.165) is 39.4 Å². The monoisotopic (exact) mass is 471 g/mol. The molecule has 3 heterocycles. The molecular formula is C25H25N7O3. The lowest BCUT2D eigenvalue weighted by Crippen LogP contribution is -2.25. The van der Waals surface area contributed by atoms with Gasteiger partial charge < -0.3 is 19.5 Å². The Morgan fingerprint density at radius 1 is 1.00 bits per heavy atom. The first-order chi connectivity index (χ1) is 17.1. The van der Waals surface area contributed by atoms with Gasteiger partial charge in [0.15, 0.2) is 6.17 Å². The number of fused-ring (bicyclic) bond motifs is 1. The van der Waals surface area contributed by atoms with Crippen LogP contribution in [0.15, 0.2) is 65.0 Å². The number of aliphatic hydroxyl groups excluding tert-OH is 1. The SMILES string of the molecule is COc1cc(OC)cc(N(CC2=NC(CO)N=C2)c2ccc3ncc(-c4cnn(C)c4)nc3c2)c1. The summed E-state index contributed by atoms with van der Waals surface area (Å²) in [5.41, 5.74) is 5.66. The molecule has 4 aromatic rings. The van der Waals surface area contributed by atoms with Crippen LogP contribution in [0, 0.1) is 0 Å². The number of aromatic nitrogens is 4. The summed E-state index contributed by atoms with van der Waals surface area (Å²) in [5.74, 6) is 1.33. The highest BCUT2D eigenvalue weighted by Crippen LogP contribution is 2.34. The van der Waals surface area contributed by atoms with Crippen LogP contribution in [-0.4, -0.2) is 70.3 Å². The molecule has 0 amide bonds. The first kappa shape index (κ1) is 22.5. The molecule has 10 heteroatoms. The summed E-state index contributed by atoms with van der Waals surface area (Å²) in [6.45, 7) is 0.299. The lowest BCUT2D eigenvalue weighted by molar-refractivity contribution is 0.272. The van der Waals surface area contributed by atoms with Gasteiger partial charge >= 0.3 is 0 Å². The minimum absolute atomic E-state index is 0.129. The third-order valence-electron chi connectivity index (χ3n) is 5.68. The number of methoxy groups -OCH3 is 2. The van der Waals surface area contributed by atoms with Crippen LogP contribution in [0.25, 0.3) is 22.3 Å². The molecule has 35 heavy (non-hydrogen) atoms. The van der Waals surface area contributed by atoms with Crippen molar-refractivity contribution in [3.05, 3.63) is 55.0 Å². The van der Waals surface area contributed by atoms with Gasteiger partial charge in [-0.2, -0.15) is 5.10 Å². The zero-order chi connectivity index (χ0) is 24.4. The van der Waals surface area contributed by atoms with E-state index >= 15 is 0 Å². The minimum atomic E-state index is -0.462. The fraction of sp³-hybridized carbons (Fsp3) is 0.240. The topological polar surface area (TPSA) is 110 Å². The maximum atomic E-state index is 9.44. The van der Waals surface area contributed by atoms with Crippen molar-refractivity contribution in [2.45, 2.75) is 6.17 Å². The van der Waals surface area contributed by atoms with Crippen molar-refractivity contribution in [3.63, 3.8) is 0 Å². The van der Waals surface area contributed by atoms with Gasteiger partial charge in [-0.1, -0.05) is 0 Å². The number of anilines is 2. The number of hydrogen-bond acceptors (Lipinski definition) is 9. The van der Waals surface area contributed by atoms with Gasteiger partial charge in [0.1, 0.15) is 11.5 Å². The van der Waals surface area contributed by atoms with E-state index in [1.165, 1.54) is 0 Å². The fourth-order valence-electron chi connectivity index (χ4n) is 3.90. The van der Waals surface area contributed by atoms with Crippen LogP contribution in [0.1, 0.15) is 0 Å². The van der Waals surface area contributed by atoms with E-state index in [1.807, 2.05) is 49.6 Å². The number of benzene rings is 2. The van der Waals surface area contributed by atoms with Crippen LogP contribution >= 0.6 is 0 Å². The number of aliphatic hydroxyl groups is 1. The molecule has 0 radical (unpaired) electrons. The molecule has 5 rings (SSSR count). The molecule has 1 aliphatic rings. The van der Waals surface area contributed by atoms with Gasteiger partial charge in [-0.05, 0) is 18.2 Å². The van der Waals surface area contributed by atoms with Crippen LogP contribution in [0.2, 0.25) is 0 Å². The van der Waals surface area contributed by atoms with Crippen LogP contribution in [0.4, 0.5) is 11.4 Å². The molecular weight excluding hydrogens is 446 g/mol. The average Bonchev–Trinajstić information content (AvgIpc) is 3.55. The second kappa shape index (κ2) is 9.51. The van der Waals surface area contributed by atoms with Gasteiger partial charge in [0.2, 0.25) is 0 Å². The molecule has 0 bridgehead atoms. The van der Waals surface area contributed by atoms with Crippen molar-refractivity contribution in [2.24, 2.45) is 17.0 Å². The lowest BCUT2D eigenvalue weighted by atomic mass is 10.1. The minimum Gasteiger partial charge on any atom is -0.497 e. The maximum Gasteiger partial charge on any atom is 0.162 e. The first-order valence-electron chi connectivity index (χ1n) is 11.0. The maximum absolute atomic E-state index is 9.44. The van der Waals surface area contributed by atoms with E-state index < -0.39 is 6.17 Å². The van der Waals surface area contributed by atoms with Gasteiger partial charge in [-0.15, -0.1) is 0 Å². The number of ether oxygens (including phenoxy) is 2. The Hall–Kier alpha value is -4.31. The van der Waals surface area contributed by atoms with E-state index in [0.29, 0.717) is 18.0 Å². The summed E-state index contributed by atoms with van der Waals surface area (Å²) in [5, 5.41) is 13.7. The van der Waals surface area contributed by atoms with Crippen molar-refractivity contribution in [2.75, 3.05) is 32.3 Å². The third kappa shape index (κ3) is 4.69. The van der Waals surface area contributed by atoms with E-state index in [1.54, 1.807) is 37.5 Å². The van der Waals surface area contributed by atoms with Crippen molar-refractivity contribution in [1.82, 2.24) is 19.7 Å². The molecule has 1 unspecified atom stereocenters. The molecule has 1 atom stereocenters. The molecule has 178 valence electrons. The molecule has 10 nitrogen and oxygen atoms in total. The smallest absolute Gasteiger partial charge is 0.162 e. The Morgan fingerprint density at radius 2 is 1.80 bits per heavy atom. The Labute approximate surface area is 202 Å². The largest absolute Gasteiger partial charge is 0.497 e. The predicted octanol–water partition coefficient (Wildman–Crippen LogP) is 3.03. The predicted molar refractivity (Wildman–Crippen MR) is 135 cm³/mol. The molecule has 1 aliphatic heterocycles. The molecule has 0 aliphatic carbocycles. The van der Waals surface area contributed by atoms with Crippen molar-refractivity contribution >= 4 is 34.3 Å². The summed E-state index contributed by atoms with van der Waals surface area (Å²) in [6, 6.07) is 11.6. The van der Waals surface area contributed by atoms with Gasteiger partial charge in [-0.3, -0.25) is 19.7 Å². The Kier molecular flexibility index (Phi) is 6.11. The highest BCUT2D eigenvalue weighted by Gasteiger charge is 2.19. The van der Waals surface area contributed by atoms with E-state index in [9.17, 15) is 5.11 Å². The van der Waals surface area contributed by atoms with Crippen LogP contribution in [-0.2, 0) is 7.05 Å². The van der Waals surface area contributed by atoms with Gasteiger partial charge in [0.05, 0.1) is 62.2 Å². The summed E-state index contributed by atoms with van der Waals surface area (Å²) in [6.07, 6.45) is 6.67. The highest BCUT2D eigenvalue weighted by molar-refractivity contribution is 6.33. The summed E-state index contributed by atoms with van der Waals surface area (Å²) in [7, 11) is 5.11. The van der Waals surface area contributed by atoms with Gasteiger partial charge in [0.25, 0.3) is 0 Å². The number of aryl methyl sites for hydroxylation is 1. The summed E-state index contributed by atoms with van der Waals surface area (Å²) >= 11 is 0. The van der Waals surface area contributed by atoms with Crippen molar-refractivity contribution in [1.29, 1.82) is 0 Å². The van der Waals surface area contributed by atoms with Crippen LogP contribution in [0.3, 0.4) is 0 Å². The zero-order valence-corrected chi connectivity index (χ0v) is 19.7. The van der Waals surface area contributed by atoms with Crippen LogP contribution < -0.4 is 14.4 Å². The van der Waals surface area contributed by atoms with Gasteiger partial charge in [0, 0.05) is 54.6 Å². The first-order valence-corrected chi connectivity index (χ1v) is 11.0. The number of hydrogen-bond donors (Lipinski definition) is 1. The fourth-order valence-corrected chi connectivity index (χ4v) is 3.90. The molecule has 0 saturated carbocycles.